The number of hydrogen-bond donors (Lipinski definition) is 0. The minimum atomic E-state index is 1.16. The van der Waals surface area contributed by atoms with Gasteiger partial charge in [-0.3, -0.25) is 0 Å². The first-order valence-corrected chi connectivity index (χ1v) is 22.3. The van der Waals surface area contributed by atoms with Crippen LogP contribution in [0.25, 0.3) is 72.7 Å². The van der Waals surface area contributed by atoms with E-state index in [9.17, 15) is 0 Å². The second-order valence-corrected chi connectivity index (χ2v) is 18.5. The lowest BCUT2D eigenvalue weighted by molar-refractivity contribution is 1.27. The molecule has 2 aromatic heterocycles. The van der Waals surface area contributed by atoms with Crippen molar-refractivity contribution in [2.75, 3.05) is 9.80 Å². The van der Waals surface area contributed by atoms with Crippen molar-refractivity contribution in [3.63, 3.8) is 0 Å². The molecule has 0 saturated carbocycles. The van der Waals surface area contributed by atoms with Gasteiger partial charge < -0.3 is 9.80 Å². The first-order valence-electron chi connectivity index (χ1n) is 20.7. The molecule has 0 aliphatic rings. The molecule has 0 atom stereocenters. The molecule has 2 nitrogen and oxygen atoms in total. The van der Waals surface area contributed by atoms with E-state index in [2.05, 4.69) is 207 Å². The van der Waals surface area contributed by atoms with Gasteiger partial charge in [-0.2, -0.15) is 0 Å². The molecular weight excluding hydrogens is 765 g/mol. The summed E-state index contributed by atoms with van der Waals surface area (Å²) < 4.78 is 5.24. The van der Waals surface area contributed by atoms with Crippen LogP contribution in [0.5, 0.6) is 0 Å². The SMILES string of the molecule is Cc1cccc(N(c2ccc3ccc4c(N(c5cccc(C)c5)c5c(C)ccc6c5sc5ccccc56)ccc5ccc2c3c54)c2c(C)ccc3c2sc2ccccc23)c1. The molecule has 12 rings (SSSR count). The maximum atomic E-state index is 2.54. The maximum absolute atomic E-state index is 2.54. The van der Waals surface area contributed by atoms with Gasteiger partial charge in [0.15, 0.2) is 0 Å². The number of fused-ring (bicyclic) bond motifs is 6. The summed E-state index contributed by atoms with van der Waals surface area (Å²) in [4.78, 5) is 5.08. The maximum Gasteiger partial charge on any atom is 0.0669 e. The second kappa shape index (κ2) is 13.4. The van der Waals surface area contributed by atoms with Crippen molar-refractivity contribution < 1.29 is 0 Å². The summed E-state index contributed by atoms with van der Waals surface area (Å²) in [6.45, 7) is 8.93. The van der Waals surface area contributed by atoms with E-state index in [-0.39, 0.29) is 0 Å². The molecule has 0 saturated heterocycles. The normalized spacial score (nSPS) is 12.0. The van der Waals surface area contributed by atoms with Crippen LogP contribution in [0.15, 0.2) is 170 Å². The van der Waals surface area contributed by atoms with Crippen LogP contribution in [0.4, 0.5) is 34.1 Å². The molecule has 12 aromatic rings. The average Bonchev–Trinajstić information content (AvgIpc) is 3.84. The number of hydrogen-bond acceptors (Lipinski definition) is 4. The Morgan fingerprint density at radius 3 is 1.22 bits per heavy atom. The first-order chi connectivity index (χ1) is 29.4. The van der Waals surface area contributed by atoms with Crippen LogP contribution in [0.3, 0.4) is 0 Å². The number of benzene rings is 10. The third-order valence-electron chi connectivity index (χ3n) is 12.5. The van der Waals surface area contributed by atoms with Crippen molar-refractivity contribution in [1.82, 2.24) is 0 Å². The number of nitrogens with zero attached hydrogens (tertiary/aromatic N) is 2. The van der Waals surface area contributed by atoms with Crippen LogP contribution < -0.4 is 9.80 Å². The molecule has 2 heterocycles. The Morgan fingerprint density at radius 2 is 0.767 bits per heavy atom. The summed E-state index contributed by atoms with van der Waals surface area (Å²) in [5.74, 6) is 0. The largest absolute Gasteiger partial charge is 0.308 e. The van der Waals surface area contributed by atoms with Crippen LogP contribution in [-0.4, -0.2) is 0 Å². The van der Waals surface area contributed by atoms with Crippen molar-refractivity contribution >= 4 is 129 Å². The van der Waals surface area contributed by atoms with Gasteiger partial charge in [0, 0.05) is 53.1 Å². The molecule has 60 heavy (non-hydrogen) atoms. The quantitative estimate of drug-likeness (QED) is 0.155. The molecule has 0 unspecified atom stereocenters. The highest BCUT2D eigenvalue weighted by atomic mass is 32.1. The zero-order valence-corrected chi connectivity index (χ0v) is 35.5. The van der Waals surface area contributed by atoms with E-state index in [1.165, 1.54) is 118 Å². The Morgan fingerprint density at radius 1 is 0.350 bits per heavy atom. The Labute approximate surface area is 357 Å². The number of aryl methyl sites for hydroxylation is 4. The van der Waals surface area contributed by atoms with Gasteiger partial charge in [-0.25, -0.2) is 0 Å². The standard InChI is InChI=1S/C56H40N2S2/c1-33-11-9-13-39(31-33)57(53-35(3)19-25-43-41-15-5-7-17-49(41)59-55(43)53)47-29-23-37-22-28-46-48(30-24-38-21-27-45(47)51(37)52(38)46)58(40-14-10-12-34(2)32-40)54-36(4)20-26-44-42-16-6-8-18-50(42)60-56(44)54/h5-32H,1-4H3. The fourth-order valence-electron chi connectivity index (χ4n) is 9.77. The number of anilines is 6. The van der Waals surface area contributed by atoms with E-state index in [1.54, 1.807) is 0 Å². The summed E-state index contributed by atoms with van der Waals surface area (Å²) in [5, 5.41) is 12.8. The second-order valence-electron chi connectivity index (χ2n) is 16.4. The van der Waals surface area contributed by atoms with Crippen molar-refractivity contribution in [2.45, 2.75) is 27.7 Å². The monoisotopic (exact) mass is 804 g/mol. The summed E-state index contributed by atoms with van der Waals surface area (Å²) >= 11 is 3.79. The van der Waals surface area contributed by atoms with Crippen molar-refractivity contribution in [3.8, 4) is 0 Å². The molecule has 4 heteroatoms. The predicted molar refractivity (Wildman–Crippen MR) is 264 cm³/mol. The van der Waals surface area contributed by atoms with Gasteiger partial charge in [-0.15, -0.1) is 22.7 Å². The molecular formula is C56H40N2S2. The molecule has 0 bridgehead atoms. The molecule has 0 N–H and O–H groups in total. The minimum Gasteiger partial charge on any atom is -0.308 e. The summed E-state index contributed by atoms with van der Waals surface area (Å²) in [7, 11) is 0. The van der Waals surface area contributed by atoms with Crippen molar-refractivity contribution in [2.24, 2.45) is 0 Å². The van der Waals surface area contributed by atoms with E-state index < -0.39 is 0 Å². The van der Waals surface area contributed by atoms with E-state index in [0.717, 1.165) is 11.4 Å². The Bertz CT molecular complexity index is 3440. The van der Waals surface area contributed by atoms with Crippen LogP contribution in [0, 0.1) is 27.7 Å². The van der Waals surface area contributed by atoms with Crippen LogP contribution in [0.1, 0.15) is 22.3 Å². The van der Waals surface area contributed by atoms with Gasteiger partial charge in [0.2, 0.25) is 0 Å². The molecule has 0 aliphatic carbocycles. The Balaban J connectivity index is 1.16. The smallest absolute Gasteiger partial charge is 0.0669 e. The first kappa shape index (κ1) is 35.2. The summed E-state index contributed by atoms with van der Waals surface area (Å²) in [6, 6.07) is 63.7. The fourth-order valence-corrected chi connectivity index (χ4v) is 12.4. The third-order valence-corrected chi connectivity index (χ3v) is 14.9. The zero-order valence-electron chi connectivity index (χ0n) is 33.9. The predicted octanol–water partition coefficient (Wildman–Crippen LogP) is 17.5. The molecule has 0 radical (unpaired) electrons. The van der Waals surface area contributed by atoms with Crippen molar-refractivity contribution in [3.05, 3.63) is 192 Å². The van der Waals surface area contributed by atoms with Gasteiger partial charge in [-0.1, -0.05) is 121 Å². The lowest BCUT2D eigenvalue weighted by atomic mass is 9.91. The third kappa shape index (κ3) is 5.24. The van der Waals surface area contributed by atoms with Gasteiger partial charge in [0.1, 0.15) is 0 Å². The lowest BCUT2D eigenvalue weighted by Gasteiger charge is -2.31. The van der Waals surface area contributed by atoms with Crippen LogP contribution in [0.2, 0.25) is 0 Å². The molecule has 10 aromatic carbocycles. The van der Waals surface area contributed by atoms with Crippen LogP contribution in [-0.2, 0) is 0 Å². The van der Waals surface area contributed by atoms with E-state index in [4.69, 9.17) is 0 Å². The topological polar surface area (TPSA) is 6.48 Å². The van der Waals surface area contributed by atoms with Gasteiger partial charge in [0.25, 0.3) is 0 Å². The molecule has 286 valence electrons. The van der Waals surface area contributed by atoms with Crippen LogP contribution >= 0.6 is 22.7 Å². The highest BCUT2D eigenvalue weighted by molar-refractivity contribution is 7.26. The molecule has 0 spiro atoms. The number of rotatable bonds is 6. The van der Waals surface area contributed by atoms with Gasteiger partial charge >= 0.3 is 0 Å². The van der Waals surface area contributed by atoms with Crippen molar-refractivity contribution in [1.29, 1.82) is 0 Å². The summed E-state index contributed by atoms with van der Waals surface area (Å²) in [5.41, 5.74) is 12.2. The van der Waals surface area contributed by atoms with E-state index >= 15 is 0 Å². The molecule has 0 fully saturated rings. The lowest BCUT2D eigenvalue weighted by Crippen LogP contribution is -2.13. The van der Waals surface area contributed by atoms with E-state index in [1.807, 2.05) is 22.7 Å². The van der Waals surface area contributed by atoms with Gasteiger partial charge in [0.05, 0.1) is 32.1 Å². The summed E-state index contributed by atoms with van der Waals surface area (Å²) in [6.07, 6.45) is 0. The van der Waals surface area contributed by atoms with Gasteiger partial charge in [-0.05, 0) is 120 Å². The highest BCUT2D eigenvalue weighted by Gasteiger charge is 2.26. The minimum absolute atomic E-state index is 1.16. The average molecular weight is 805 g/mol. The fraction of sp³-hybridized carbons (Fsp3) is 0.0714. The highest BCUT2D eigenvalue weighted by Crippen LogP contribution is 2.52. The number of thiophene rings is 2. The Kier molecular flexibility index (Phi) is 7.87. The van der Waals surface area contributed by atoms with E-state index in [0.29, 0.717) is 0 Å². The molecule has 0 amide bonds. The Hall–Kier alpha value is -6.72. The molecule has 0 aliphatic heterocycles. The zero-order chi connectivity index (χ0) is 40.2.